The van der Waals surface area contributed by atoms with Crippen LogP contribution in [0.3, 0.4) is 0 Å². The van der Waals surface area contributed by atoms with Crippen LogP contribution in [0, 0.1) is 0 Å². The SMILES string of the molecule is O=C(Nc1cccc(Br)c1)c1ccnc(NCc2ccco2)n1. The van der Waals surface area contributed by atoms with Gasteiger partial charge in [-0.2, -0.15) is 0 Å². The van der Waals surface area contributed by atoms with Crippen LogP contribution in [0.1, 0.15) is 16.2 Å². The number of benzene rings is 1. The second-order valence-electron chi connectivity index (χ2n) is 4.66. The van der Waals surface area contributed by atoms with Gasteiger partial charge in [-0.25, -0.2) is 9.97 Å². The zero-order chi connectivity index (χ0) is 16.1. The number of carbonyl (C=O) groups excluding carboxylic acids is 1. The minimum atomic E-state index is -0.299. The highest BCUT2D eigenvalue weighted by Gasteiger charge is 2.09. The molecule has 3 aromatic rings. The van der Waals surface area contributed by atoms with E-state index in [0.717, 1.165) is 10.2 Å². The molecule has 0 aliphatic carbocycles. The largest absolute Gasteiger partial charge is 0.467 e. The first kappa shape index (κ1) is 15.2. The van der Waals surface area contributed by atoms with Crippen molar-refractivity contribution in [1.82, 2.24) is 9.97 Å². The van der Waals surface area contributed by atoms with Crippen molar-refractivity contribution in [2.24, 2.45) is 0 Å². The smallest absolute Gasteiger partial charge is 0.274 e. The molecular weight excluding hydrogens is 360 g/mol. The molecule has 0 saturated carbocycles. The van der Waals surface area contributed by atoms with Crippen molar-refractivity contribution in [3.63, 3.8) is 0 Å². The molecule has 0 saturated heterocycles. The number of carbonyl (C=O) groups is 1. The van der Waals surface area contributed by atoms with Crippen LogP contribution in [0.15, 0.2) is 63.8 Å². The highest BCUT2D eigenvalue weighted by molar-refractivity contribution is 9.10. The molecule has 7 heteroatoms. The predicted octanol–water partition coefficient (Wildman–Crippen LogP) is 3.70. The second-order valence-corrected chi connectivity index (χ2v) is 5.58. The van der Waals surface area contributed by atoms with Crippen LogP contribution in [-0.2, 0) is 6.54 Å². The molecule has 2 N–H and O–H groups in total. The first-order valence-corrected chi connectivity index (χ1v) is 7.66. The van der Waals surface area contributed by atoms with E-state index >= 15 is 0 Å². The summed E-state index contributed by atoms with van der Waals surface area (Å²) in [5.41, 5.74) is 0.968. The van der Waals surface area contributed by atoms with Gasteiger partial charge in [-0.05, 0) is 36.4 Å². The molecule has 23 heavy (non-hydrogen) atoms. The Morgan fingerprint density at radius 1 is 1.22 bits per heavy atom. The highest BCUT2D eigenvalue weighted by atomic mass is 79.9. The van der Waals surface area contributed by atoms with Crippen molar-refractivity contribution >= 4 is 33.5 Å². The summed E-state index contributed by atoms with van der Waals surface area (Å²) in [5, 5.41) is 5.80. The number of hydrogen-bond donors (Lipinski definition) is 2. The third-order valence-corrected chi connectivity index (χ3v) is 3.46. The van der Waals surface area contributed by atoms with E-state index in [9.17, 15) is 4.79 Å². The third kappa shape index (κ3) is 4.17. The zero-order valence-corrected chi connectivity index (χ0v) is 13.6. The summed E-state index contributed by atoms with van der Waals surface area (Å²) < 4.78 is 6.11. The number of nitrogens with one attached hydrogen (secondary N) is 2. The molecule has 0 aliphatic rings. The van der Waals surface area contributed by atoms with Gasteiger partial charge in [-0.1, -0.05) is 22.0 Å². The molecular formula is C16H13BrN4O2. The van der Waals surface area contributed by atoms with Crippen LogP contribution in [0.2, 0.25) is 0 Å². The first-order chi connectivity index (χ1) is 11.2. The predicted molar refractivity (Wildman–Crippen MR) is 90.2 cm³/mol. The molecule has 1 aromatic carbocycles. The van der Waals surface area contributed by atoms with Crippen molar-refractivity contribution in [3.8, 4) is 0 Å². The molecule has 0 unspecified atom stereocenters. The van der Waals surface area contributed by atoms with Gasteiger partial charge >= 0.3 is 0 Å². The minimum absolute atomic E-state index is 0.280. The first-order valence-electron chi connectivity index (χ1n) is 6.87. The van der Waals surface area contributed by atoms with Gasteiger partial charge in [0.25, 0.3) is 5.91 Å². The van der Waals surface area contributed by atoms with E-state index in [2.05, 4.69) is 36.5 Å². The van der Waals surface area contributed by atoms with E-state index in [1.165, 1.54) is 6.20 Å². The normalized spacial score (nSPS) is 10.3. The summed E-state index contributed by atoms with van der Waals surface area (Å²) in [7, 11) is 0. The molecule has 3 rings (SSSR count). The van der Waals surface area contributed by atoms with Crippen molar-refractivity contribution in [1.29, 1.82) is 0 Å². The van der Waals surface area contributed by atoms with Gasteiger partial charge in [-0.15, -0.1) is 0 Å². The fraction of sp³-hybridized carbons (Fsp3) is 0.0625. The Morgan fingerprint density at radius 2 is 2.13 bits per heavy atom. The summed E-state index contributed by atoms with van der Waals surface area (Å²) in [6, 6.07) is 12.6. The maximum absolute atomic E-state index is 12.2. The van der Waals surface area contributed by atoms with E-state index in [1.807, 2.05) is 24.3 Å². The molecule has 6 nitrogen and oxygen atoms in total. The summed E-state index contributed by atoms with van der Waals surface area (Å²) in [6.45, 7) is 0.448. The van der Waals surface area contributed by atoms with Gasteiger partial charge in [0.15, 0.2) is 0 Å². The maximum Gasteiger partial charge on any atom is 0.274 e. The number of rotatable bonds is 5. The lowest BCUT2D eigenvalue weighted by Gasteiger charge is -2.07. The molecule has 116 valence electrons. The molecule has 0 fully saturated rings. The van der Waals surface area contributed by atoms with Gasteiger partial charge in [0.2, 0.25) is 5.95 Å². The van der Waals surface area contributed by atoms with Crippen LogP contribution in [0.5, 0.6) is 0 Å². The Labute approximate surface area is 141 Å². The quantitative estimate of drug-likeness (QED) is 0.713. The monoisotopic (exact) mass is 372 g/mol. The lowest BCUT2D eigenvalue weighted by molar-refractivity contribution is 0.102. The minimum Gasteiger partial charge on any atom is -0.467 e. The molecule has 0 spiro atoms. The van der Waals surface area contributed by atoms with Crippen LogP contribution in [0.4, 0.5) is 11.6 Å². The molecule has 2 aromatic heterocycles. The zero-order valence-electron chi connectivity index (χ0n) is 12.0. The molecule has 0 radical (unpaired) electrons. The highest BCUT2D eigenvalue weighted by Crippen LogP contribution is 2.16. The van der Waals surface area contributed by atoms with Gasteiger partial charge in [-0.3, -0.25) is 4.79 Å². The Morgan fingerprint density at radius 3 is 2.91 bits per heavy atom. The number of hydrogen-bond acceptors (Lipinski definition) is 5. The Hall–Kier alpha value is -2.67. The van der Waals surface area contributed by atoms with Crippen molar-refractivity contribution < 1.29 is 9.21 Å². The topological polar surface area (TPSA) is 80.0 Å². The van der Waals surface area contributed by atoms with Crippen molar-refractivity contribution in [3.05, 3.63) is 70.9 Å². The lowest BCUT2D eigenvalue weighted by Crippen LogP contribution is -2.15. The molecule has 0 aliphatic heterocycles. The number of anilines is 2. The maximum atomic E-state index is 12.2. The third-order valence-electron chi connectivity index (χ3n) is 2.97. The summed E-state index contributed by atoms with van der Waals surface area (Å²) in [4.78, 5) is 20.5. The lowest BCUT2D eigenvalue weighted by atomic mass is 10.3. The summed E-state index contributed by atoms with van der Waals surface area (Å²) >= 11 is 3.36. The standard InChI is InChI=1S/C16H13BrN4O2/c17-11-3-1-4-12(9-11)20-15(22)14-6-7-18-16(21-14)19-10-13-5-2-8-23-13/h1-9H,10H2,(H,20,22)(H,18,19,21). The summed E-state index contributed by atoms with van der Waals surface area (Å²) in [6.07, 6.45) is 3.13. The fourth-order valence-corrected chi connectivity index (χ4v) is 2.31. The average Bonchev–Trinajstić information content (AvgIpc) is 3.07. The summed E-state index contributed by atoms with van der Waals surface area (Å²) in [5.74, 6) is 0.826. The van der Waals surface area contributed by atoms with E-state index in [1.54, 1.807) is 24.5 Å². The van der Waals surface area contributed by atoms with Crippen LogP contribution >= 0.6 is 15.9 Å². The van der Waals surface area contributed by atoms with E-state index in [4.69, 9.17) is 4.42 Å². The van der Waals surface area contributed by atoms with Gasteiger partial charge in [0.1, 0.15) is 11.5 Å². The molecule has 2 heterocycles. The molecule has 0 bridgehead atoms. The number of halogens is 1. The van der Waals surface area contributed by atoms with Crippen LogP contribution in [-0.4, -0.2) is 15.9 Å². The van der Waals surface area contributed by atoms with E-state index < -0.39 is 0 Å². The average molecular weight is 373 g/mol. The number of furan rings is 1. The van der Waals surface area contributed by atoms with Crippen molar-refractivity contribution in [2.75, 3.05) is 10.6 Å². The van der Waals surface area contributed by atoms with E-state index in [-0.39, 0.29) is 11.6 Å². The fourth-order valence-electron chi connectivity index (χ4n) is 1.91. The number of aromatic nitrogens is 2. The number of nitrogens with zero attached hydrogens (tertiary/aromatic N) is 2. The molecule has 1 amide bonds. The van der Waals surface area contributed by atoms with Gasteiger partial charge in [0.05, 0.1) is 12.8 Å². The van der Waals surface area contributed by atoms with Crippen molar-refractivity contribution in [2.45, 2.75) is 6.54 Å². The second kappa shape index (κ2) is 7.06. The van der Waals surface area contributed by atoms with Gasteiger partial charge < -0.3 is 15.1 Å². The number of amides is 1. The molecule has 0 atom stereocenters. The van der Waals surface area contributed by atoms with Crippen LogP contribution in [0.25, 0.3) is 0 Å². The van der Waals surface area contributed by atoms with Gasteiger partial charge in [0, 0.05) is 16.4 Å². The Kier molecular flexibility index (Phi) is 4.68. The van der Waals surface area contributed by atoms with Crippen LogP contribution < -0.4 is 10.6 Å². The Balaban J connectivity index is 1.67. The Bertz CT molecular complexity index is 805. The van der Waals surface area contributed by atoms with E-state index in [0.29, 0.717) is 18.2 Å².